The predicted octanol–water partition coefficient (Wildman–Crippen LogP) is 4.36. The van der Waals surface area contributed by atoms with Crippen molar-refractivity contribution in [1.82, 2.24) is 9.29 Å². The lowest BCUT2D eigenvalue weighted by molar-refractivity contribution is -0.119. The number of anilines is 1. The van der Waals surface area contributed by atoms with Gasteiger partial charge in [-0.15, -0.1) is 11.3 Å². The quantitative estimate of drug-likeness (QED) is 0.615. The highest BCUT2D eigenvalue weighted by atomic mass is 32.2. The minimum Gasteiger partial charge on any atom is -0.301 e. The van der Waals surface area contributed by atoms with Crippen molar-refractivity contribution in [2.75, 3.05) is 11.9 Å². The number of hydrogen-bond acceptors (Lipinski definition) is 5. The number of aryl methyl sites for hydroxylation is 2. The van der Waals surface area contributed by atoms with E-state index in [0.29, 0.717) is 18.0 Å². The summed E-state index contributed by atoms with van der Waals surface area (Å²) in [5.74, 6) is -0.928. The third-order valence-electron chi connectivity index (χ3n) is 5.33. The van der Waals surface area contributed by atoms with E-state index < -0.39 is 27.8 Å². The standard InChI is InChI=1S/C22H22FN3O3S2/c1-14-5-6-15(2)18(12-14)19-13-30-22(24-19)25-21(27)20-4-3-11-26(20)31(28,29)17-9-7-16(23)8-10-17/h5-10,12-13,20H,3-4,11H2,1-2H3,(H,24,25,27). The van der Waals surface area contributed by atoms with E-state index in [2.05, 4.69) is 10.3 Å². The molecule has 2 heterocycles. The molecule has 0 radical (unpaired) electrons. The van der Waals surface area contributed by atoms with E-state index >= 15 is 0 Å². The van der Waals surface area contributed by atoms with Gasteiger partial charge in [0.1, 0.15) is 11.9 Å². The fourth-order valence-electron chi connectivity index (χ4n) is 3.69. The van der Waals surface area contributed by atoms with Gasteiger partial charge in [-0.3, -0.25) is 4.79 Å². The van der Waals surface area contributed by atoms with Crippen LogP contribution in [0.5, 0.6) is 0 Å². The Bertz CT molecular complexity index is 1220. The summed E-state index contributed by atoms with van der Waals surface area (Å²) in [6, 6.07) is 9.91. The Hall–Kier alpha value is -2.62. The Morgan fingerprint density at radius 3 is 2.68 bits per heavy atom. The third-order valence-corrected chi connectivity index (χ3v) is 8.01. The van der Waals surface area contributed by atoms with Crippen molar-refractivity contribution in [2.24, 2.45) is 0 Å². The lowest BCUT2D eigenvalue weighted by Gasteiger charge is -2.23. The van der Waals surface area contributed by atoms with E-state index in [4.69, 9.17) is 0 Å². The first-order valence-corrected chi connectivity index (χ1v) is 12.2. The van der Waals surface area contributed by atoms with Crippen molar-refractivity contribution in [3.63, 3.8) is 0 Å². The van der Waals surface area contributed by atoms with Gasteiger partial charge in [-0.2, -0.15) is 4.31 Å². The molecule has 1 aliphatic heterocycles. The molecule has 1 fully saturated rings. The maximum absolute atomic E-state index is 13.2. The summed E-state index contributed by atoms with van der Waals surface area (Å²) in [7, 11) is -3.90. The van der Waals surface area contributed by atoms with Crippen molar-refractivity contribution in [3.8, 4) is 11.3 Å². The van der Waals surface area contributed by atoms with Gasteiger partial charge in [-0.1, -0.05) is 17.7 Å². The Balaban J connectivity index is 1.53. The van der Waals surface area contributed by atoms with E-state index in [0.717, 1.165) is 34.5 Å². The number of carbonyl (C=O) groups is 1. The summed E-state index contributed by atoms with van der Waals surface area (Å²) in [6.45, 7) is 4.25. The zero-order valence-electron chi connectivity index (χ0n) is 17.1. The highest BCUT2D eigenvalue weighted by Gasteiger charge is 2.39. The number of nitrogens with one attached hydrogen (secondary N) is 1. The second-order valence-corrected chi connectivity index (χ2v) is 10.3. The first-order chi connectivity index (χ1) is 14.8. The molecule has 31 heavy (non-hydrogen) atoms. The molecular formula is C22H22FN3O3S2. The number of benzene rings is 2. The molecule has 1 saturated heterocycles. The third kappa shape index (κ3) is 4.39. The lowest BCUT2D eigenvalue weighted by atomic mass is 10.0. The molecule has 2 aromatic carbocycles. The van der Waals surface area contributed by atoms with Gasteiger partial charge in [0, 0.05) is 17.5 Å². The van der Waals surface area contributed by atoms with Gasteiger partial charge < -0.3 is 5.32 Å². The van der Waals surface area contributed by atoms with Crippen LogP contribution in [0.2, 0.25) is 0 Å². The normalized spacial score (nSPS) is 17.1. The molecule has 3 aromatic rings. The van der Waals surface area contributed by atoms with E-state index in [-0.39, 0.29) is 11.4 Å². The van der Waals surface area contributed by atoms with E-state index in [9.17, 15) is 17.6 Å². The van der Waals surface area contributed by atoms with Crippen molar-refractivity contribution in [3.05, 3.63) is 64.8 Å². The maximum atomic E-state index is 13.2. The monoisotopic (exact) mass is 459 g/mol. The molecule has 1 unspecified atom stereocenters. The average Bonchev–Trinajstić information content (AvgIpc) is 3.40. The van der Waals surface area contributed by atoms with Gasteiger partial charge >= 0.3 is 0 Å². The van der Waals surface area contributed by atoms with Crippen LogP contribution in [-0.2, 0) is 14.8 Å². The Morgan fingerprint density at radius 2 is 1.94 bits per heavy atom. The molecule has 162 valence electrons. The van der Waals surface area contributed by atoms with Crippen molar-refractivity contribution in [2.45, 2.75) is 37.6 Å². The molecule has 0 aliphatic carbocycles. The van der Waals surface area contributed by atoms with Crippen LogP contribution < -0.4 is 5.32 Å². The van der Waals surface area contributed by atoms with Crippen LogP contribution in [-0.4, -0.2) is 36.2 Å². The fraction of sp³-hybridized carbons (Fsp3) is 0.273. The first kappa shape index (κ1) is 21.6. The Morgan fingerprint density at radius 1 is 1.19 bits per heavy atom. The SMILES string of the molecule is Cc1ccc(C)c(-c2csc(NC(=O)C3CCCN3S(=O)(=O)c3ccc(F)cc3)n2)c1. The summed E-state index contributed by atoms with van der Waals surface area (Å²) in [5, 5.41) is 5.07. The number of nitrogens with zero attached hydrogens (tertiary/aromatic N) is 2. The number of aromatic nitrogens is 1. The number of thiazole rings is 1. The molecule has 1 N–H and O–H groups in total. The van der Waals surface area contributed by atoms with Crippen LogP contribution in [0.3, 0.4) is 0 Å². The van der Waals surface area contributed by atoms with Gasteiger partial charge in [0.15, 0.2) is 5.13 Å². The van der Waals surface area contributed by atoms with Crippen LogP contribution >= 0.6 is 11.3 Å². The number of carbonyl (C=O) groups excluding carboxylic acids is 1. The predicted molar refractivity (Wildman–Crippen MR) is 119 cm³/mol. The largest absolute Gasteiger partial charge is 0.301 e. The highest BCUT2D eigenvalue weighted by molar-refractivity contribution is 7.89. The van der Waals surface area contributed by atoms with E-state index in [1.807, 2.05) is 37.4 Å². The van der Waals surface area contributed by atoms with Crippen molar-refractivity contribution >= 4 is 32.4 Å². The summed E-state index contributed by atoms with van der Waals surface area (Å²) >= 11 is 1.30. The molecule has 0 saturated carbocycles. The number of sulfonamides is 1. The zero-order valence-corrected chi connectivity index (χ0v) is 18.8. The van der Waals surface area contributed by atoms with Crippen LogP contribution in [0.25, 0.3) is 11.3 Å². The molecule has 4 rings (SSSR count). The van der Waals surface area contributed by atoms with Crippen molar-refractivity contribution in [1.29, 1.82) is 0 Å². The molecule has 1 aliphatic rings. The molecule has 6 nitrogen and oxygen atoms in total. The van der Waals surface area contributed by atoms with Crippen molar-refractivity contribution < 1.29 is 17.6 Å². The number of halogens is 1. The smallest absolute Gasteiger partial charge is 0.244 e. The van der Waals surface area contributed by atoms with Gasteiger partial charge in [-0.05, 0) is 62.6 Å². The molecule has 1 aromatic heterocycles. The molecule has 1 amide bonds. The van der Waals surface area contributed by atoms with Crippen LogP contribution in [0.1, 0.15) is 24.0 Å². The summed E-state index contributed by atoms with van der Waals surface area (Å²) in [4.78, 5) is 17.4. The van der Waals surface area contributed by atoms with Gasteiger partial charge in [0.25, 0.3) is 0 Å². The van der Waals surface area contributed by atoms with Gasteiger partial charge in [0.2, 0.25) is 15.9 Å². The molecule has 1 atom stereocenters. The number of rotatable bonds is 5. The number of amides is 1. The second kappa shape index (κ2) is 8.49. The topological polar surface area (TPSA) is 79.4 Å². The van der Waals surface area contributed by atoms with E-state index in [1.165, 1.54) is 27.8 Å². The van der Waals surface area contributed by atoms with Crippen LogP contribution in [0, 0.1) is 19.7 Å². The minimum absolute atomic E-state index is 0.0277. The van der Waals surface area contributed by atoms with Gasteiger partial charge in [0.05, 0.1) is 10.6 Å². The molecule has 9 heteroatoms. The lowest BCUT2D eigenvalue weighted by Crippen LogP contribution is -2.43. The molecule has 0 bridgehead atoms. The molecular weight excluding hydrogens is 437 g/mol. The summed E-state index contributed by atoms with van der Waals surface area (Å²) in [6.07, 6.45) is 0.992. The maximum Gasteiger partial charge on any atom is 0.244 e. The van der Waals surface area contributed by atoms with E-state index in [1.54, 1.807) is 0 Å². The molecule has 0 spiro atoms. The average molecular weight is 460 g/mol. The summed E-state index contributed by atoms with van der Waals surface area (Å²) in [5.41, 5.74) is 3.97. The van der Waals surface area contributed by atoms with Crippen LogP contribution in [0.4, 0.5) is 9.52 Å². The van der Waals surface area contributed by atoms with Crippen LogP contribution in [0.15, 0.2) is 52.7 Å². The van der Waals surface area contributed by atoms with Gasteiger partial charge in [-0.25, -0.2) is 17.8 Å². The Kier molecular flexibility index (Phi) is 5.92. The first-order valence-electron chi connectivity index (χ1n) is 9.87. The second-order valence-electron chi connectivity index (χ2n) is 7.57. The summed E-state index contributed by atoms with van der Waals surface area (Å²) < 4.78 is 40.3. The number of hydrogen-bond donors (Lipinski definition) is 1. The highest BCUT2D eigenvalue weighted by Crippen LogP contribution is 2.30. The Labute approximate surface area is 184 Å². The zero-order chi connectivity index (χ0) is 22.2. The minimum atomic E-state index is -3.90. The fourth-order valence-corrected chi connectivity index (χ4v) is 6.06.